The normalized spacial score (nSPS) is 16.5. The van der Waals surface area contributed by atoms with E-state index in [1.165, 1.54) is 57.1 Å². The minimum atomic E-state index is 0.0407. The SMILES string of the molecule is Cc1cc(C)cc(-c2c(C3=NC(C)(C)CCC3)ccc3ccccc23)c1. The third kappa shape index (κ3) is 3.19. The van der Waals surface area contributed by atoms with E-state index in [2.05, 4.69) is 82.3 Å². The van der Waals surface area contributed by atoms with Crippen LogP contribution in [-0.4, -0.2) is 11.3 Å². The maximum Gasteiger partial charge on any atom is 0.0555 e. The molecule has 0 amide bonds. The summed E-state index contributed by atoms with van der Waals surface area (Å²) in [4.78, 5) is 5.14. The highest BCUT2D eigenvalue weighted by Gasteiger charge is 2.24. The molecule has 3 aromatic carbocycles. The van der Waals surface area contributed by atoms with Crippen LogP contribution in [0.1, 0.15) is 49.8 Å². The van der Waals surface area contributed by atoms with Crippen LogP contribution in [0.15, 0.2) is 59.6 Å². The molecule has 3 aromatic rings. The Morgan fingerprint density at radius 1 is 0.885 bits per heavy atom. The van der Waals surface area contributed by atoms with Crippen molar-refractivity contribution < 1.29 is 0 Å². The highest BCUT2D eigenvalue weighted by molar-refractivity contribution is 6.13. The van der Waals surface area contributed by atoms with Crippen LogP contribution in [0, 0.1) is 13.8 Å². The Hall–Kier alpha value is -2.41. The molecule has 0 fully saturated rings. The van der Waals surface area contributed by atoms with E-state index in [1.54, 1.807) is 0 Å². The van der Waals surface area contributed by atoms with Gasteiger partial charge in [-0.2, -0.15) is 0 Å². The van der Waals surface area contributed by atoms with Crippen LogP contribution < -0.4 is 0 Å². The summed E-state index contributed by atoms with van der Waals surface area (Å²) in [6.07, 6.45) is 3.45. The molecule has 0 bridgehead atoms. The number of nitrogens with zero attached hydrogens (tertiary/aromatic N) is 1. The lowest BCUT2D eigenvalue weighted by atomic mass is 9.85. The van der Waals surface area contributed by atoms with Crippen molar-refractivity contribution in [3.8, 4) is 11.1 Å². The van der Waals surface area contributed by atoms with E-state index in [-0.39, 0.29) is 5.54 Å². The molecule has 1 aliphatic heterocycles. The average molecular weight is 341 g/mol. The van der Waals surface area contributed by atoms with Crippen molar-refractivity contribution in [3.63, 3.8) is 0 Å². The highest BCUT2D eigenvalue weighted by Crippen LogP contribution is 2.36. The van der Waals surface area contributed by atoms with E-state index >= 15 is 0 Å². The van der Waals surface area contributed by atoms with Crippen molar-refractivity contribution in [1.29, 1.82) is 0 Å². The summed E-state index contributed by atoms with van der Waals surface area (Å²) in [6, 6.07) is 20.1. The zero-order chi connectivity index (χ0) is 18.3. The molecule has 0 saturated carbocycles. The maximum absolute atomic E-state index is 5.14. The van der Waals surface area contributed by atoms with Crippen LogP contribution in [0.3, 0.4) is 0 Å². The molecule has 26 heavy (non-hydrogen) atoms. The van der Waals surface area contributed by atoms with Gasteiger partial charge in [-0.3, -0.25) is 4.99 Å². The zero-order valence-electron chi connectivity index (χ0n) is 16.3. The van der Waals surface area contributed by atoms with Gasteiger partial charge < -0.3 is 0 Å². The molecule has 1 heteroatoms. The van der Waals surface area contributed by atoms with E-state index in [0.717, 1.165) is 6.42 Å². The Kier molecular flexibility index (Phi) is 4.19. The Morgan fingerprint density at radius 2 is 1.62 bits per heavy atom. The van der Waals surface area contributed by atoms with Gasteiger partial charge in [0.25, 0.3) is 0 Å². The van der Waals surface area contributed by atoms with E-state index in [9.17, 15) is 0 Å². The van der Waals surface area contributed by atoms with Gasteiger partial charge in [-0.05, 0) is 68.9 Å². The number of hydrogen-bond acceptors (Lipinski definition) is 1. The smallest absolute Gasteiger partial charge is 0.0555 e. The fourth-order valence-electron chi connectivity index (χ4n) is 4.30. The number of aliphatic imine (C=N–C) groups is 1. The topological polar surface area (TPSA) is 12.4 Å². The Bertz CT molecular complexity index is 988. The summed E-state index contributed by atoms with van der Waals surface area (Å²) < 4.78 is 0. The van der Waals surface area contributed by atoms with Gasteiger partial charge in [-0.15, -0.1) is 0 Å². The summed E-state index contributed by atoms with van der Waals surface area (Å²) in [6.45, 7) is 8.87. The third-order valence-electron chi connectivity index (χ3n) is 5.39. The Morgan fingerprint density at radius 3 is 2.35 bits per heavy atom. The largest absolute Gasteiger partial charge is 0.283 e. The lowest BCUT2D eigenvalue weighted by molar-refractivity contribution is 0.448. The number of hydrogen-bond donors (Lipinski definition) is 0. The van der Waals surface area contributed by atoms with E-state index in [4.69, 9.17) is 4.99 Å². The van der Waals surface area contributed by atoms with Gasteiger partial charge >= 0.3 is 0 Å². The van der Waals surface area contributed by atoms with Crippen molar-refractivity contribution >= 4 is 16.5 Å². The van der Waals surface area contributed by atoms with E-state index in [1.807, 2.05) is 0 Å². The second-order valence-corrected chi connectivity index (χ2v) is 8.31. The van der Waals surface area contributed by atoms with E-state index in [0.29, 0.717) is 0 Å². The molecular weight excluding hydrogens is 314 g/mol. The van der Waals surface area contributed by atoms with Crippen molar-refractivity contribution in [2.75, 3.05) is 0 Å². The number of benzene rings is 3. The van der Waals surface area contributed by atoms with Gasteiger partial charge in [0.2, 0.25) is 0 Å². The first-order valence-corrected chi connectivity index (χ1v) is 9.62. The Labute approximate surface area is 156 Å². The van der Waals surface area contributed by atoms with Crippen molar-refractivity contribution in [2.24, 2.45) is 4.99 Å². The summed E-state index contributed by atoms with van der Waals surface area (Å²) in [5.74, 6) is 0. The highest BCUT2D eigenvalue weighted by atomic mass is 14.9. The molecule has 0 N–H and O–H groups in total. The predicted molar refractivity (Wildman–Crippen MR) is 113 cm³/mol. The van der Waals surface area contributed by atoms with Crippen LogP contribution in [0.2, 0.25) is 0 Å². The maximum atomic E-state index is 5.14. The van der Waals surface area contributed by atoms with Gasteiger partial charge in [0.15, 0.2) is 0 Å². The first kappa shape index (κ1) is 17.0. The molecule has 0 aromatic heterocycles. The van der Waals surface area contributed by atoms with Crippen molar-refractivity contribution in [2.45, 2.75) is 52.5 Å². The molecule has 0 saturated heterocycles. The molecule has 1 nitrogen and oxygen atoms in total. The fraction of sp³-hybridized carbons (Fsp3) is 0.320. The predicted octanol–water partition coefficient (Wildman–Crippen LogP) is 6.88. The van der Waals surface area contributed by atoms with Crippen molar-refractivity contribution in [1.82, 2.24) is 0 Å². The molecule has 1 heterocycles. The first-order valence-electron chi connectivity index (χ1n) is 9.62. The van der Waals surface area contributed by atoms with Gasteiger partial charge in [-0.25, -0.2) is 0 Å². The molecule has 0 radical (unpaired) electrons. The van der Waals surface area contributed by atoms with Crippen LogP contribution in [0.5, 0.6) is 0 Å². The van der Waals surface area contributed by atoms with Gasteiger partial charge in [0, 0.05) is 11.3 Å². The molecule has 0 unspecified atom stereocenters. The van der Waals surface area contributed by atoms with Gasteiger partial charge in [-0.1, -0.05) is 65.7 Å². The quantitative estimate of drug-likeness (QED) is 0.482. The third-order valence-corrected chi connectivity index (χ3v) is 5.39. The summed E-state index contributed by atoms with van der Waals surface area (Å²) in [5.41, 5.74) is 7.88. The molecule has 132 valence electrons. The van der Waals surface area contributed by atoms with Crippen LogP contribution in [0.25, 0.3) is 21.9 Å². The minimum absolute atomic E-state index is 0.0407. The lowest BCUT2D eigenvalue weighted by Crippen LogP contribution is -2.25. The minimum Gasteiger partial charge on any atom is -0.283 e. The lowest BCUT2D eigenvalue weighted by Gasteiger charge is -2.28. The summed E-state index contributed by atoms with van der Waals surface area (Å²) in [7, 11) is 0. The van der Waals surface area contributed by atoms with Crippen LogP contribution >= 0.6 is 0 Å². The Balaban J connectivity index is 2.04. The molecule has 0 spiro atoms. The fourth-order valence-corrected chi connectivity index (χ4v) is 4.30. The number of rotatable bonds is 2. The van der Waals surface area contributed by atoms with Gasteiger partial charge in [0.1, 0.15) is 0 Å². The van der Waals surface area contributed by atoms with Crippen molar-refractivity contribution in [3.05, 3.63) is 71.3 Å². The van der Waals surface area contributed by atoms with Crippen LogP contribution in [-0.2, 0) is 0 Å². The number of aryl methyl sites for hydroxylation is 2. The van der Waals surface area contributed by atoms with Gasteiger partial charge in [0.05, 0.1) is 5.54 Å². The molecule has 4 rings (SSSR count). The second kappa shape index (κ2) is 6.39. The monoisotopic (exact) mass is 341 g/mol. The number of fused-ring (bicyclic) bond motifs is 1. The first-order chi connectivity index (χ1) is 12.4. The standard InChI is InChI=1S/C25H27N/c1-17-14-18(2)16-20(15-17)24-21-9-6-5-8-19(21)11-12-22(24)23-10-7-13-25(3,4)26-23/h5-6,8-9,11-12,14-16H,7,10,13H2,1-4H3. The summed E-state index contributed by atoms with van der Waals surface area (Å²) in [5, 5.41) is 2.61. The molecule has 1 aliphatic rings. The molecular formula is C25H27N. The second-order valence-electron chi connectivity index (χ2n) is 8.31. The summed E-state index contributed by atoms with van der Waals surface area (Å²) >= 11 is 0. The molecule has 0 aliphatic carbocycles. The zero-order valence-corrected chi connectivity index (χ0v) is 16.3. The average Bonchev–Trinajstić information content (AvgIpc) is 2.59. The molecule has 0 atom stereocenters. The van der Waals surface area contributed by atoms with E-state index < -0.39 is 0 Å². The van der Waals surface area contributed by atoms with Crippen LogP contribution in [0.4, 0.5) is 0 Å².